The third-order valence-corrected chi connectivity index (χ3v) is 2.73. The average molecular weight is 281 g/mol. The average Bonchev–Trinajstić information content (AvgIpc) is 2.28. The van der Waals surface area contributed by atoms with E-state index < -0.39 is 0 Å². The summed E-state index contributed by atoms with van der Waals surface area (Å²) in [4.78, 5) is 11.9. The molecule has 0 atom stereocenters. The summed E-state index contributed by atoms with van der Waals surface area (Å²) in [6, 6.07) is 11.5. The minimum Gasteiger partial charge on any atom is -0.399 e. The fraction of sp³-hybridized carbons (Fsp3) is 0. The molecule has 0 heterocycles. The number of nitrogens with two attached hydrogens (primary N) is 1. The summed E-state index contributed by atoms with van der Waals surface area (Å²) in [5, 5.41) is 3.65. The zero-order valence-corrected chi connectivity index (χ0v) is 10.8. The van der Waals surface area contributed by atoms with Gasteiger partial charge in [0.2, 0.25) is 0 Å². The lowest BCUT2D eigenvalue weighted by Crippen LogP contribution is -2.11. The number of anilines is 2. The van der Waals surface area contributed by atoms with Gasteiger partial charge in [0, 0.05) is 27.0 Å². The monoisotopic (exact) mass is 280 g/mol. The Hall–Kier alpha value is -1.71. The van der Waals surface area contributed by atoms with E-state index in [1.165, 1.54) is 0 Å². The molecule has 0 saturated heterocycles. The Balaban J connectivity index is 2.18. The maximum atomic E-state index is 11.9. The molecule has 1 amide bonds. The minimum absolute atomic E-state index is 0.242. The van der Waals surface area contributed by atoms with Crippen molar-refractivity contribution in [3.8, 4) is 0 Å². The third-order valence-electron chi connectivity index (χ3n) is 2.29. The van der Waals surface area contributed by atoms with E-state index in [2.05, 4.69) is 5.32 Å². The van der Waals surface area contributed by atoms with Gasteiger partial charge in [-0.05, 0) is 42.5 Å². The number of benzene rings is 2. The first-order valence-electron chi connectivity index (χ1n) is 5.17. The number of hydrogen-bond acceptors (Lipinski definition) is 2. The van der Waals surface area contributed by atoms with Crippen LogP contribution in [0.5, 0.6) is 0 Å². The first kappa shape index (κ1) is 12.7. The number of halogens is 2. The summed E-state index contributed by atoms with van der Waals surface area (Å²) in [6.07, 6.45) is 0. The van der Waals surface area contributed by atoms with Crippen molar-refractivity contribution in [3.63, 3.8) is 0 Å². The van der Waals surface area contributed by atoms with Crippen LogP contribution in [0.2, 0.25) is 10.0 Å². The quantitative estimate of drug-likeness (QED) is 0.822. The number of nitrogens with one attached hydrogen (secondary N) is 1. The molecule has 0 aliphatic rings. The first-order valence-corrected chi connectivity index (χ1v) is 5.93. The number of amides is 1. The number of nitrogen functional groups attached to an aromatic ring is 1. The van der Waals surface area contributed by atoms with Gasteiger partial charge in [-0.15, -0.1) is 0 Å². The van der Waals surface area contributed by atoms with Crippen LogP contribution in [0.25, 0.3) is 0 Å². The molecule has 0 bridgehead atoms. The molecule has 0 aliphatic carbocycles. The Bertz CT molecular complexity index is 562. The topological polar surface area (TPSA) is 55.1 Å². The van der Waals surface area contributed by atoms with Crippen LogP contribution in [0.1, 0.15) is 10.4 Å². The summed E-state index contributed by atoms with van der Waals surface area (Å²) in [5.41, 5.74) is 7.23. The molecule has 3 nitrogen and oxygen atoms in total. The number of hydrogen-bond donors (Lipinski definition) is 2. The predicted molar refractivity (Wildman–Crippen MR) is 75.3 cm³/mol. The highest BCUT2D eigenvalue weighted by Crippen LogP contribution is 2.22. The molecule has 0 radical (unpaired) electrons. The second kappa shape index (κ2) is 5.29. The largest absolute Gasteiger partial charge is 0.399 e. The van der Waals surface area contributed by atoms with Gasteiger partial charge >= 0.3 is 0 Å². The maximum Gasteiger partial charge on any atom is 0.255 e. The molecule has 5 heteroatoms. The summed E-state index contributed by atoms with van der Waals surface area (Å²) < 4.78 is 0. The van der Waals surface area contributed by atoms with Crippen LogP contribution >= 0.6 is 23.2 Å². The molecule has 3 N–H and O–H groups in total. The molecule has 0 saturated carbocycles. The zero-order valence-electron chi connectivity index (χ0n) is 9.28. The van der Waals surface area contributed by atoms with Crippen molar-refractivity contribution in [1.29, 1.82) is 0 Å². The van der Waals surface area contributed by atoms with Crippen molar-refractivity contribution in [2.75, 3.05) is 11.1 Å². The maximum absolute atomic E-state index is 11.9. The molecular formula is C13H10Cl2N2O. The van der Waals surface area contributed by atoms with E-state index in [4.69, 9.17) is 28.9 Å². The van der Waals surface area contributed by atoms with Crippen LogP contribution in [-0.2, 0) is 0 Å². The van der Waals surface area contributed by atoms with E-state index in [1.807, 2.05) is 0 Å². The molecule has 0 spiro atoms. The van der Waals surface area contributed by atoms with Crippen LogP contribution in [0.3, 0.4) is 0 Å². The summed E-state index contributed by atoms with van der Waals surface area (Å²) >= 11 is 11.7. The van der Waals surface area contributed by atoms with Gasteiger partial charge in [0.1, 0.15) is 0 Å². The van der Waals surface area contributed by atoms with Gasteiger partial charge in [-0.3, -0.25) is 4.79 Å². The van der Waals surface area contributed by atoms with Gasteiger partial charge in [-0.25, -0.2) is 0 Å². The van der Waals surface area contributed by atoms with E-state index in [1.54, 1.807) is 42.5 Å². The first-order chi connectivity index (χ1) is 8.54. The van der Waals surface area contributed by atoms with Crippen LogP contribution < -0.4 is 11.1 Å². The van der Waals surface area contributed by atoms with Crippen LogP contribution in [0.4, 0.5) is 11.4 Å². The van der Waals surface area contributed by atoms with Gasteiger partial charge < -0.3 is 11.1 Å². The van der Waals surface area contributed by atoms with Crippen molar-refractivity contribution in [2.45, 2.75) is 0 Å². The van der Waals surface area contributed by atoms with Crippen LogP contribution in [0, 0.1) is 0 Å². The zero-order chi connectivity index (χ0) is 13.1. The highest BCUT2D eigenvalue weighted by molar-refractivity contribution is 6.35. The number of carbonyl (C=O) groups is 1. The van der Waals surface area contributed by atoms with Gasteiger partial charge in [0.25, 0.3) is 5.91 Å². The molecule has 0 aliphatic heterocycles. The Kier molecular flexibility index (Phi) is 3.75. The summed E-state index contributed by atoms with van der Waals surface area (Å²) in [7, 11) is 0. The summed E-state index contributed by atoms with van der Waals surface area (Å²) in [5.74, 6) is -0.242. The lowest BCUT2D eigenvalue weighted by Gasteiger charge is -2.06. The van der Waals surface area contributed by atoms with Crippen molar-refractivity contribution < 1.29 is 4.79 Å². The van der Waals surface area contributed by atoms with Crippen LogP contribution in [0.15, 0.2) is 42.5 Å². The Morgan fingerprint density at radius 1 is 1.00 bits per heavy atom. The van der Waals surface area contributed by atoms with Crippen molar-refractivity contribution >= 4 is 40.5 Å². The highest BCUT2D eigenvalue weighted by atomic mass is 35.5. The second-order valence-electron chi connectivity index (χ2n) is 3.73. The lowest BCUT2D eigenvalue weighted by atomic mass is 10.2. The van der Waals surface area contributed by atoms with E-state index in [0.717, 1.165) is 0 Å². The summed E-state index contributed by atoms with van der Waals surface area (Å²) in [6.45, 7) is 0. The molecular weight excluding hydrogens is 271 g/mol. The highest BCUT2D eigenvalue weighted by Gasteiger charge is 2.06. The van der Waals surface area contributed by atoms with Crippen molar-refractivity contribution in [2.24, 2.45) is 0 Å². The van der Waals surface area contributed by atoms with E-state index in [9.17, 15) is 4.79 Å². The van der Waals surface area contributed by atoms with Gasteiger partial charge in [-0.2, -0.15) is 0 Å². The smallest absolute Gasteiger partial charge is 0.255 e. The predicted octanol–water partition coefficient (Wildman–Crippen LogP) is 3.83. The molecule has 0 fully saturated rings. The second-order valence-corrected chi connectivity index (χ2v) is 4.61. The SMILES string of the molecule is Nc1ccc(C(=O)Nc2cc(Cl)cc(Cl)c2)cc1. The third kappa shape index (κ3) is 3.15. The lowest BCUT2D eigenvalue weighted by molar-refractivity contribution is 0.102. The molecule has 2 rings (SSSR count). The Labute approximate surface area is 115 Å². The minimum atomic E-state index is -0.242. The van der Waals surface area contributed by atoms with Gasteiger partial charge in [0.15, 0.2) is 0 Å². The Morgan fingerprint density at radius 2 is 1.56 bits per heavy atom. The standard InChI is InChI=1S/C13H10Cl2N2O/c14-9-5-10(15)7-12(6-9)17-13(18)8-1-3-11(16)4-2-8/h1-7H,16H2,(H,17,18). The normalized spacial score (nSPS) is 10.1. The van der Waals surface area contributed by atoms with Crippen molar-refractivity contribution in [3.05, 3.63) is 58.1 Å². The van der Waals surface area contributed by atoms with E-state index in [0.29, 0.717) is 27.0 Å². The molecule has 2 aromatic rings. The number of carbonyl (C=O) groups excluding carboxylic acids is 1. The molecule has 2 aromatic carbocycles. The van der Waals surface area contributed by atoms with E-state index >= 15 is 0 Å². The van der Waals surface area contributed by atoms with Gasteiger partial charge in [0.05, 0.1) is 0 Å². The van der Waals surface area contributed by atoms with E-state index in [-0.39, 0.29) is 5.91 Å². The van der Waals surface area contributed by atoms with Gasteiger partial charge in [-0.1, -0.05) is 23.2 Å². The fourth-order valence-electron chi connectivity index (χ4n) is 1.46. The fourth-order valence-corrected chi connectivity index (χ4v) is 1.99. The molecule has 0 aromatic heterocycles. The van der Waals surface area contributed by atoms with Crippen LogP contribution in [-0.4, -0.2) is 5.91 Å². The Morgan fingerprint density at radius 3 is 2.11 bits per heavy atom. The molecule has 18 heavy (non-hydrogen) atoms. The molecule has 92 valence electrons. The number of rotatable bonds is 2. The van der Waals surface area contributed by atoms with Crippen molar-refractivity contribution in [1.82, 2.24) is 0 Å². The molecule has 0 unspecified atom stereocenters.